The molecule has 1 aromatic carbocycles. The van der Waals surface area contributed by atoms with E-state index in [1.165, 1.54) is 6.07 Å². The maximum absolute atomic E-state index is 9.85. The van der Waals surface area contributed by atoms with Crippen LogP contribution < -0.4 is 4.74 Å². The monoisotopic (exact) mass is 216 g/mol. The Hall–Kier alpha value is -1.03. The summed E-state index contributed by atoms with van der Waals surface area (Å²) in [5.74, 6) is 0.366. The summed E-state index contributed by atoms with van der Waals surface area (Å²) in [6.45, 7) is 0.308. The predicted octanol–water partition coefficient (Wildman–Crippen LogP) is 1.69. The quantitative estimate of drug-likeness (QED) is 0.766. The molecular formula is C7H5BrO3. The van der Waals surface area contributed by atoms with Gasteiger partial charge in [0.15, 0.2) is 0 Å². The first kappa shape index (κ1) is 8.07. The topological polar surface area (TPSA) is 46.5 Å². The molecule has 11 heavy (non-hydrogen) atoms. The van der Waals surface area contributed by atoms with Crippen LogP contribution in [0.5, 0.6) is 11.5 Å². The van der Waals surface area contributed by atoms with Crippen LogP contribution in [-0.2, 0) is 4.79 Å². The van der Waals surface area contributed by atoms with E-state index >= 15 is 0 Å². The third-order valence-electron chi connectivity index (χ3n) is 1.10. The lowest BCUT2D eigenvalue weighted by Gasteiger charge is -1.99. The Balaban J connectivity index is 2.95. The van der Waals surface area contributed by atoms with E-state index < -0.39 is 0 Å². The molecule has 0 radical (unpaired) electrons. The van der Waals surface area contributed by atoms with Gasteiger partial charge in [0.25, 0.3) is 6.47 Å². The molecule has 1 aromatic rings. The Morgan fingerprint density at radius 2 is 2.27 bits per heavy atom. The molecule has 0 amide bonds. The molecule has 0 aliphatic carbocycles. The fourth-order valence-electron chi connectivity index (χ4n) is 0.621. The summed E-state index contributed by atoms with van der Waals surface area (Å²) in [5.41, 5.74) is 0. The molecule has 0 heterocycles. The second-order valence-electron chi connectivity index (χ2n) is 1.83. The standard InChI is InChI=1S/C7H5BrO3/c8-6-2-1-5(11-4-9)3-7(6)10/h1-4,10H. The molecule has 3 nitrogen and oxygen atoms in total. The first-order valence-corrected chi connectivity index (χ1v) is 3.62. The second kappa shape index (κ2) is 3.39. The number of rotatable bonds is 2. The fraction of sp³-hybridized carbons (Fsp3) is 0. The Bertz CT molecular complexity index is 272. The third kappa shape index (κ3) is 1.94. The molecule has 1 N–H and O–H groups in total. The first-order chi connectivity index (χ1) is 5.24. The lowest BCUT2D eigenvalue weighted by molar-refractivity contribution is -0.120. The van der Waals surface area contributed by atoms with Crippen molar-refractivity contribution < 1.29 is 14.6 Å². The molecule has 4 heteroatoms. The van der Waals surface area contributed by atoms with E-state index in [1.54, 1.807) is 12.1 Å². The molecule has 1 rings (SSSR count). The zero-order valence-corrected chi connectivity index (χ0v) is 7.04. The third-order valence-corrected chi connectivity index (χ3v) is 1.77. The van der Waals surface area contributed by atoms with Gasteiger partial charge in [-0.3, -0.25) is 4.79 Å². The molecule has 58 valence electrons. The molecule has 0 spiro atoms. The predicted molar refractivity (Wildman–Crippen MR) is 42.5 cm³/mol. The van der Waals surface area contributed by atoms with Crippen molar-refractivity contribution in [1.82, 2.24) is 0 Å². The molecule has 0 bridgehead atoms. The fourth-order valence-corrected chi connectivity index (χ4v) is 0.868. The van der Waals surface area contributed by atoms with Gasteiger partial charge in [0.05, 0.1) is 4.47 Å². The van der Waals surface area contributed by atoms with Crippen LogP contribution in [-0.4, -0.2) is 11.6 Å². The van der Waals surface area contributed by atoms with E-state index in [-0.39, 0.29) is 5.75 Å². The number of hydrogen-bond acceptors (Lipinski definition) is 3. The Kier molecular flexibility index (Phi) is 2.48. The van der Waals surface area contributed by atoms with Crippen LogP contribution in [0.3, 0.4) is 0 Å². The molecule has 0 aromatic heterocycles. The first-order valence-electron chi connectivity index (χ1n) is 2.83. The molecule has 0 atom stereocenters. The lowest BCUT2D eigenvalue weighted by atomic mass is 10.3. The van der Waals surface area contributed by atoms with Gasteiger partial charge in [-0.05, 0) is 28.1 Å². The van der Waals surface area contributed by atoms with Gasteiger partial charge in [0, 0.05) is 6.07 Å². The smallest absolute Gasteiger partial charge is 0.298 e. The number of hydrogen-bond donors (Lipinski definition) is 1. The van der Waals surface area contributed by atoms with Crippen LogP contribution in [0.25, 0.3) is 0 Å². The minimum absolute atomic E-state index is 0.0457. The minimum Gasteiger partial charge on any atom is -0.507 e. The highest BCUT2D eigenvalue weighted by Gasteiger charge is 1.98. The molecule has 0 saturated heterocycles. The minimum atomic E-state index is 0.0457. The summed E-state index contributed by atoms with van der Waals surface area (Å²) in [6.07, 6.45) is 0. The van der Waals surface area contributed by atoms with Crippen molar-refractivity contribution in [2.75, 3.05) is 0 Å². The van der Waals surface area contributed by atoms with Crippen molar-refractivity contribution in [2.24, 2.45) is 0 Å². The highest BCUT2D eigenvalue weighted by atomic mass is 79.9. The summed E-state index contributed by atoms with van der Waals surface area (Å²) in [4.78, 5) is 9.85. The summed E-state index contributed by atoms with van der Waals surface area (Å²) in [7, 11) is 0. The van der Waals surface area contributed by atoms with Crippen LogP contribution in [0.1, 0.15) is 0 Å². The number of ether oxygens (including phenoxy) is 1. The molecule has 0 aliphatic heterocycles. The van der Waals surface area contributed by atoms with Gasteiger partial charge < -0.3 is 9.84 Å². The van der Waals surface area contributed by atoms with Gasteiger partial charge in [0.1, 0.15) is 11.5 Å². The maximum Gasteiger partial charge on any atom is 0.298 e. The Morgan fingerprint density at radius 3 is 2.82 bits per heavy atom. The lowest BCUT2D eigenvalue weighted by Crippen LogP contribution is -1.87. The number of aromatic hydroxyl groups is 1. The van der Waals surface area contributed by atoms with Crippen LogP contribution in [0.2, 0.25) is 0 Å². The summed E-state index contributed by atoms with van der Waals surface area (Å²) < 4.78 is 5.05. The van der Waals surface area contributed by atoms with E-state index in [2.05, 4.69) is 20.7 Å². The molecule has 0 aliphatic rings. The van der Waals surface area contributed by atoms with Gasteiger partial charge in [0.2, 0.25) is 0 Å². The zero-order valence-electron chi connectivity index (χ0n) is 5.45. The average molecular weight is 217 g/mol. The Morgan fingerprint density at radius 1 is 1.55 bits per heavy atom. The molecule has 0 saturated carbocycles. The van der Waals surface area contributed by atoms with Crippen molar-refractivity contribution in [2.45, 2.75) is 0 Å². The number of halogens is 1. The van der Waals surface area contributed by atoms with Gasteiger partial charge in [-0.25, -0.2) is 0 Å². The van der Waals surface area contributed by atoms with Crippen LogP contribution in [0, 0.1) is 0 Å². The SMILES string of the molecule is O=COc1ccc(Br)c(O)c1. The van der Waals surface area contributed by atoms with Crippen molar-refractivity contribution >= 4 is 22.4 Å². The number of carbonyl (C=O) groups is 1. The number of benzene rings is 1. The van der Waals surface area contributed by atoms with Crippen LogP contribution in [0.4, 0.5) is 0 Å². The normalized spacial score (nSPS) is 9.18. The average Bonchev–Trinajstić information content (AvgIpc) is 1.98. The van der Waals surface area contributed by atoms with Gasteiger partial charge in [-0.2, -0.15) is 0 Å². The van der Waals surface area contributed by atoms with Crippen molar-refractivity contribution in [3.63, 3.8) is 0 Å². The number of phenolic OH excluding ortho intramolecular Hbond substituents is 1. The zero-order chi connectivity index (χ0) is 8.27. The van der Waals surface area contributed by atoms with Crippen LogP contribution >= 0.6 is 15.9 Å². The maximum atomic E-state index is 9.85. The van der Waals surface area contributed by atoms with Crippen molar-refractivity contribution in [1.29, 1.82) is 0 Å². The molecule has 0 unspecified atom stereocenters. The summed E-state index contributed by atoms with van der Waals surface area (Å²) >= 11 is 3.09. The summed E-state index contributed by atoms with van der Waals surface area (Å²) in [6, 6.07) is 4.50. The highest BCUT2D eigenvalue weighted by Crippen LogP contribution is 2.27. The number of carbonyl (C=O) groups excluding carboxylic acids is 1. The van der Waals surface area contributed by atoms with E-state index in [0.29, 0.717) is 16.7 Å². The molecular weight excluding hydrogens is 212 g/mol. The van der Waals surface area contributed by atoms with E-state index in [4.69, 9.17) is 5.11 Å². The van der Waals surface area contributed by atoms with E-state index in [9.17, 15) is 4.79 Å². The van der Waals surface area contributed by atoms with Crippen molar-refractivity contribution in [3.05, 3.63) is 22.7 Å². The van der Waals surface area contributed by atoms with Gasteiger partial charge in [-0.15, -0.1) is 0 Å². The summed E-state index contributed by atoms with van der Waals surface area (Å²) in [5, 5.41) is 9.08. The van der Waals surface area contributed by atoms with Gasteiger partial charge in [-0.1, -0.05) is 0 Å². The van der Waals surface area contributed by atoms with E-state index in [1.807, 2.05) is 0 Å². The van der Waals surface area contributed by atoms with Crippen LogP contribution in [0.15, 0.2) is 22.7 Å². The highest BCUT2D eigenvalue weighted by molar-refractivity contribution is 9.10. The van der Waals surface area contributed by atoms with E-state index in [0.717, 1.165) is 0 Å². The molecule has 0 fully saturated rings. The second-order valence-corrected chi connectivity index (χ2v) is 2.68. The van der Waals surface area contributed by atoms with Crippen molar-refractivity contribution in [3.8, 4) is 11.5 Å². The largest absolute Gasteiger partial charge is 0.507 e. The number of phenols is 1. The van der Waals surface area contributed by atoms with Gasteiger partial charge >= 0.3 is 0 Å². The Labute approximate surface area is 71.7 Å².